The maximum absolute atomic E-state index is 13.5. The van der Waals surface area contributed by atoms with Gasteiger partial charge in [-0.1, -0.05) is 0 Å². The summed E-state index contributed by atoms with van der Waals surface area (Å²) in [7, 11) is 3.66. The second kappa shape index (κ2) is 8.12. The van der Waals surface area contributed by atoms with Crippen molar-refractivity contribution in [3.05, 3.63) is 59.5 Å². The van der Waals surface area contributed by atoms with Gasteiger partial charge in [-0.2, -0.15) is 13.2 Å². The lowest BCUT2D eigenvalue weighted by molar-refractivity contribution is -0.136. The molecule has 9 heteroatoms. The predicted octanol–water partition coefficient (Wildman–Crippen LogP) is 4.22. The normalized spacial score (nSPS) is 14.9. The summed E-state index contributed by atoms with van der Waals surface area (Å²) in [5.41, 5.74) is 0.351. The monoisotopic (exact) mass is 408 g/mol. The first-order chi connectivity index (χ1) is 13.6. The van der Waals surface area contributed by atoms with E-state index in [0.717, 1.165) is 6.07 Å². The van der Waals surface area contributed by atoms with E-state index in [9.17, 15) is 22.4 Å². The third-order valence-corrected chi connectivity index (χ3v) is 4.35. The highest BCUT2D eigenvalue weighted by atomic mass is 19.4. The van der Waals surface area contributed by atoms with Crippen molar-refractivity contribution >= 4 is 28.5 Å². The lowest BCUT2D eigenvalue weighted by atomic mass is 10.1. The van der Waals surface area contributed by atoms with Crippen LogP contribution in [-0.2, 0) is 11.0 Å². The first kappa shape index (κ1) is 20.7. The van der Waals surface area contributed by atoms with Gasteiger partial charge < -0.3 is 20.9 Å². The second-order valence-electron chi connectivity index (χ2n) is 6.83. The van der Waals surface area contributed by atoms with Gasteiger partial charge in [0.2, 0.25) is 0 Å². The minimum absolute atomic E-state index is 0.0167. The summed E-state index contributed by atoms with van der Waals surface area (Å²) in [5.74, 6) is -0.957. The van der Waals surface area contributed by atoms with Crippen LogP contribution in [-0.4, -0.2) is 38.0 Å². The minimum atomic E-state index is -4.54. The number of hydrogen-bond acceptors (Lipinski definition) is 4. The molecule has 2 aromatic rings. The fraction of sp³-hybridized carbons (Fsp3) is 0.250. The molecule has 1 aliphatic heterocycles. The Kier molecular flexibility index (Phi) is 5.78. The number of carbonyl (C=O) groups is 1. The number of fused-ring (bicyclic) bond motifs is 1. The maximum Gasteiger partial charge on any atom is 0.418 e. The van der Waals surface area contributed by atoms with Crippen LogP contribution in [0.2, 0.25) is 0 Å². The van der Waals surface area contributed by atoms with Gasteiger partial charge in [0.1, 0.15) is 5.82 Å². The number of nitrogens with one attached hydrogen (secondary N) is 3. The van der Waals surface area contributed by atoms with Crippen molar-refractivity contribution in [3.63, 3.8) is 0 Å². The fourth-order valence-electron chi connectivity index (χ4n) is 2.90. The molecule has 0 aromatic heterocycles. The van der Waals surface area contributed by atoms with Crippen molar-refractivity contribution in [3.8, 4) is 0 Å². The van der Waals surface area contributed by atoms with E-state index >= 15 is 0 Å². The molecule has 1 aliphatic rings. The average Bonchev–Trinajstić information content (AvgIpc) is 2.93. The van der Waals surface area contributed by atoms with Gasteiger partial charge in [0, 0.05) is 36.2 Å². The third kappa shape index (κ3) is 4.86. The summed E-state index contributed by atoms with van der Waals surface area (Å²) >= 11 is 0. The Balaban J connectivity index is 1.83. The molecule has 3 N–H and O–H groups in total. The molecule has 0 aliphatic carbocycles. The van der Waals surface area contributed by atoms with Crippen molar-refractivity contribution in [2.75, 3.05) is 43.1 Å². The molecular formula is C20H20F4N4O. The molecule has 0 bridgehead atoms. The summed E-state index contributed by atoms with van der Waals surface area (Å²) in [6, 6.07) is 7.65. The van der Waals surface area contributed by atoms with Crippen LogP contribution in [0.1, 0.15) is 11.1 Å². The highest BCUT2D eigenvalue weighted by Gasteiger charge is 2.34. The zero-order valence-electron chi connectivity index (χ0n) is 15.8. The third-order valence-electron chi connectivity index (χ3n) is 4.35. The van der Waals surface area contributed by atoms with Crippen LogP contribution in [0.25, 0.3) is 5.57 Å². The molecule has 0 saturated heterocycles. The van der Waals surface area contributed by atoms with Crippen molar-refractivity contribution < 1.29 is 22.4 Å². The predicted molar refractivity (Wildman–Crippen MR) is 105 cm³/mol. The Morgan fingerprint density at radius 2 is 1.90 bits per heavy atom. The molecule has 0 unspecified atom stereocenters. The van der Waals surface area contributed by atoms with Crippen LogP contribution < -0.4 is 16.0 Å². The Bertz CT molecular complexity index is 954. The fourth-order valence-corrected chi connectivity index (χ4v) is 2.90. The van der Waals surface area contributed by atoms with Crippen molar-refractivity contribution in [2.24, 2.45) is 0 Å². The lowest BCUT2D eigenvalue weighted by Gasteiger charge is -2.17. The Morgan fingerprint density at radius 3 is 2.59 bits per heavy atom. The van der Waals surface area contributed by atoms with Gasteiger partial charge in [0.25, 0.3) is 5.91 Å². The Hall–Kier alpha value is -3.07. The highest BCUT2D eigenvalue weighted by Crippen LogP contribution is 2.37. The standard InChI is InChI=1S/C20H20F4N4O/c1-28(2)8-7-25-17-6-4-13(10-16(17)20(22,23)24)26-11-15-14-5-3-12(21)9-18(14)27-19(15)29/h3-6,9-11,25-26H,7-8H2,1-2H3,(H,27,29)/b15-11+. The van der Waals surface area contributed by atoms with Crippen molar-refractivity contribution in [2.45, 2.75) is 6.18 Å². The number of amides is 1. The van der Waals surface area contributed by atoms with E-state index in [4.69, 9.17) is 0 Å². The Labute approximate surface area is 165 Å². The molecule has 0 fully saturated rings. The maximum atomic E-state index is 13.5. The summed E-state index contributed by atoms with van der Waals surface area (Å²) in [6.07, 6.45) is -3.23. The number of halogens is 4. The molecule has 29 heavy (non-hydrogen) atoms. The highest BCUT2D eigenvalue weighted by molar-refractivity contribution is 6.31. The van der Waals surface area contributed by atoms with E-state index in [1.54, 1.807) is 0 Å². The van der Waals surface area contributed by atoms with Crippen LogP contribution in [0.3, 0.4) is 0 Å². The topological polar surface area (TPSA) is 56.4 Å². The summed E-state index contributed by atoms with van der Waals surface area (Å²) in [6.45, 7) is 0.943. The van der Waals surface area contributed by atoms with Gasteiger partial charge in [0.05, 0.1) is 16.8 Å². The number of rotatable bonds is 6. The molecule has 2 aromatic carbocycles. The molecule has 0 radical (unpaired) electrons. The molecule has 0 spiro atoms. The van der Waals surface area contributed by atoms with Crippen LogP contribution in [0, 0.1) is 5.82 Å². The number of hydrogen-bond donors (Lipinski definition) is 3. The number of anilines is 3. The van der Waals surface area contributed by atoms with Crippen molar-refractivity contribution in [1.82, 2.24) is 4.90 Å². The molecule has 3 rings (SSSR count). The van der Waals surface area contributed by atoms with E-state index < -0.39 is 23.5 Å². The molecule has 154 valence electrons. The van der Waals surface area contributed by atoms with Gasteiger partial charge in [-0.05, 0) is 50.5 Å². The van der Waals surface area contributed by atoms with Crippen LogP contribution in [0.15, 0.2) is 42.6 Å². The zero-order valence-corrected chi connectivity index (χ0v) is 15.8. The van der Waals surface area contributed by atoms with Gasteiger partial charge in [0.15, 0.2) is 0 Å². The van der Waals surface area contributed by atoms with E-state index in [-0.39, 0.29) is 16.9 Å². The smallest absolute Gasteiger partial charge is 0.383 e. The van der Waals surface area contributed by atoms with Gasteiger partial charge in [-0.3, -0.25) is 4.79 Å². The largest absolute Gasteiger partial charge is 0.418 e. The van der Waals surface area contributed by atoms with Gasteiger partial charge in [-0.15, -0.1) is 0 Å². The minimum Gasteiger partial charge on any atom is -0.383 e. The summed E-state index contributed by atoms with van der Waals surface area (Å²) in [4.78, 5) is 13.9. The molecule has 5 nitrogen and oxygen atoms in total. The lowest BCUT2D eigenvalue weighted by Crippen LogP contribution is -2.22. The van der Waals surface area contributed by atoms with E-state index in [2.05, 4.69) is 16.0 Å². The first-order valence-electron chi connectivity index (χ1n) is 8.83. The van der Waals surface area contributed by atoms with Crippen molar-refractivity contribution in [1.29, 1.82) is 0 Å². The van der Waals surface area contributed by atoms with Gasteiger partial charge >= 0.3 is 6.18 Å². The Morgan fingerprint density at radius 1 is 1.14 bits per heavy atom. The first-order valence-corrected chi connectivity index (χ1v) is 8.83. The summed E-state index contributed by atoms with van der Waals surface area (Å²) < 4.78 is 53.7. The number of benzene rings is 2. The molecular weight excluding hydrogens is 388 g/mol. The number of nitrogens with zero attached hydrogens (tertiary/aromatic N) is 1. The van der Waals surface area contributed by atoms with Crippen LogP contribution in [0.4, 0.5) is 34.6 Å². The SMILES string of the molecule is CN(C)CCNc1ccc(N/C=C2/C(=O)Nc3cc(F)ccc32)cc1C(F)(F)F. The number of carbonyl (C=O) groups excluding carboxylic acids is 1. The van der Waals surface area contributed by atoms with E-state index in [1.165, 1.54) is 36.5 Å². The molecule has 1 heterocycles. The number of alkyl halides is 3. The van der Waals surface area contributed by atoms with E-state index in [0.29, 0.717) is 24.3 Å². The second-order valence-corrected chi connectivity index (χ2v) is 6.83. The molecule has 0 atom stereocenters. The summed E-state index contributed by atoms with van der Waals surface area (Å²) in [5, 5.41) is 8.05. The van der Waals surface area contributed by atoms with E-state index in [1.807, 2.05) is 19.0 Å². The molecule has 1 amide bonds. The van der Waals surface area contributed by atoms with Crippen LogP contribution >= 0.6 is 0 Å². The van der Waals surface area contributed by atoms with Gasteiger partial charge in [-0.25, -0.2) is 4.39 Å². The number of likely N-dealkylation sites (N-methyl/N-ethyl adjacent to an activating group) is 1. The average molecular weight is 408 g/mol. The van der Waals surface area contributed by atoms with Crippen LogP contribution in [0.5, 0.6) is 0 Å². The quantitative estimate of drug-likeness (QED) is 0.495. The zero-order chi connectivity index (χ0) is 21.2. The molecule has 0 saturated carbocycles.